The van der Waals surface area contributed by atoms with E-state index in [1.165, 1.54) is 16.5 Å². The maximum Gasteiger partial charge on any atom is 0.374 e. The zero-order valence-corrected chi connectivity index (χ0v) is 15.9. The molecule has 0 bridgehead atoms. The van der Waals surface area contributed by atoms with E-state index < -0.39 is 5.97 Å². The summed E-state index contributed by atoms with van der Waals surface area (Å²) in [6, 6.07) is 18.8. The van der Waals surface area contributed by atoms with Gasteiger partial charge in [-0.05, 0) is 31.0 Å². The van der Waals surface area contributed by atoms with Crippen LogP contribution in [0.4, 0.5) is 0 Å². The molecule has 0 spiro atoms. The van der Waals surface area contributed by atoms with Crippen molar-refractivity contribution in [3.05, 3.63) is 82.8 Å². The molecule has 1 atom stereocenters. The van der Waals surface area contributed by atoms with Gasteiger partial charge in [0.05, 0.1) is 12.3 Å². The van der Waals surface area contributed by atoms with Crippen molar-refractivity contribution >= 4 is 16.9 Å². The van der Waals surface area contributed by atoms with E-state index in [4.69, 9.17) is 9.15 Å². The van der Waals surface area contributed by atoms with E-state index in [1.807, 2.05) is 19.1 Å². The van der Waals surface area contributed by atoms with Crippen molar-refractivity contribution in [2.24, 2.45) is 0 Å². The predicted octanol–water partition coefficient (Wildman–Crippen LogP) is 5.60. The molecule has 0 amide bonds. The Kier molecular flexibility index (Phi) is 3.86. The summed E-state index contributed by atoms with van der Waals surface area (Å²) in [6.07, 6.45) is 0.717. The molecule has 0 fully saturated rings. The fourth-order valence-electron chi connectivity index (χ4n) is 4.42. The monoisotopic (exact) mass is 371 g/mol. The Morgan fingerprint density at radius 1 is 1.14 bits per heavy atom. The number of aromatic amines is 1. The number of hydrogen-bond acceptors (Lipinski definition) is 3. The van der Waals surface area contributed by atoms with Gasteiger partial charge in [0.1, 0.15) is 5.76 Å². The first-order valence-corrected chi connectivity index (χ1v) is 9.64. The molecule has 4 aromatic rings. The van der Waals surface area contributed by atoms with E-state index in [9.17, 15) is 4.79 Å². The van der Waals surface area contributed by atoms with Crippen molar-refractivity contribution in [3.8, 4) is 11.3 Å². The minimum absolute atomic E-state index is 0.167. The van der Waals surface area contributed by atoms with E-state index >= 15 is 0 Å². The number of nitrogens with one attached hydrogen (secondary N) is 1. The van der Waals surface area contributed by atoms with Crippen molar-refractivity contribution < 1.29 is 13.9 Å². The highest BCUT2D eigenvalue weighted by molar-refractivity contribution is 5.97. The maximum atomic E-state index is 12.4. The molecule has 1 aliphatic rings. The summed E-state index contributed by atoms with van der Waals surface area (Å²) in [5.74, 6) is 0.919. The molecule has 4 nitrogen and oxygen atoms in total. The second kappa shape index (κ2) is 6.41. The lowest BCUT2D eigenvalue weighted by atomic mass is 9.79. The first-order chi connectivity index (χ1) is 13.7. The van der Waals surface area contributed by atoms with Crippen LogP contribution in [0.2, 0.25) is 0 Å². The fraction of sp³-hybridized carbons (Fsp3) is 0.208. The number of carbonyl (C=O) groups is 1. The predicted molar refractivity (Wildman–Crippen MR) is 109 cm³/mol. The quantitative estimate of drug-likeness (QED) is 0.477. The van der Waals surface area contributed by atoms with Crippen LogP contribution in [-0.2, 0) is 11.2 Å². The molecular weight excluding hydrogens is 350 g/mol. The van der Waals surface area contributed by atoms with Gasteiger partial charge >= 0.3 is 5.97 Å². The number of H-pyrrole nitrogens is 1. The largest absolute Gasteiger partial charge is 0.460 e. The average molecular weight is 371 g/mol. The number of benzene rings is 2. The minimum atomic E-state index is -0.400. The third-order valence-electron chi connectivity index (χ3n) is 5.62. The van der Waals surface area contributed by atoms with Gasteiger partial charge in [-0.2, -0.15) is 0 Å². The van der Waals surface area contributed by atoms with E-state index in [-0.39, 0.29) is 5.92 Å². The van der Waals surface area contributed by atoms with Crippen molar-refractivity contribution in [1.82, 2.24) is 4.98 Å². The Bertz CT molecular complexity index is 1180. The normalized spacial score (nSPS) is 15.3. The SMILES string of the molecule is CCOC(=O)c1oc2c(c1C)-c1[nH]c3ccccc3c1[C@H](c1ccccc1)C2. The van der Waals surface area contributed by atoms with Crippen LogP contribution >= 0.6 is 0 Å². The van der Waals surface area contributed by atoms with Crippen LogP contribution in [0.15, 0.2) is 59.0 Å². The van der Waals surface area contributed by atoms with E-state index in [1.54, 1.807) is 6.92 Å². The molecule has 140 valence electrons. The molecule has 4 heteroatoms. The molecular formula is C24H21NO3. The highest BCUT2D eigenvalue weighted by atomic mass is 16.5. The standard InChI is InChI=1S/C24H21NO3/c1-3-27-24(26)23-14(2)20-19(28-23)13-17(15-9-5-4-6-10-15)21-16-11-7-8-12-18(16)25-22(20)21/h4-12,17,25H,3,13H2,1-2H3/t17-/m0/s1. The molecule has 2 aromatic heterocycles. The van der Waals surface area contributed by atoms with Gasteiger partial charge in [0.25, 0.3) is 0 Å². The summed E-state index contributed by atoms with van der Waals surface area (Å²) in [5.41, 5.74) is 6.50. The third-order valence-corrected chi connectivity index (χ3v) is 5.62. The van der Waals surface area contributed by atoms with Crippen LogP contribution in [0.1, 0.15) is 45.8 Å². The zero-order chi connectivity index (χ0) is 19.3. The number of ether oxygens (including phenoxy) is 1. The van der Waals surface area contributed by atoms with Gasteiger partial charge in [0, 0.05) is 34.4 Å². The molecule has 1 aliphatic carbocycles. The number of rotatable bonds is 3. The smallest absolute Gasteiger partial charge is 0.374 e. The van der Waals surface area contributed by atoms with Crippen LogP contribution in [0.5, 0.6) is 0 Å². The molecule has 5 rings (SSSR count). The van der Waals surface area contributed by atoms with Crippen LogP contribution in [0.3, 0.4) is 0 Å². The molecule has 2 aromatic carbocycles. The second-order valence-corrected chi connectivity index (χ2v) is 7.20. The van der Waals surface area contributed by atoms with Gasteiger partial charge in [-0.15, -0.1) is 0 Å². The van der Waals surface area contributed by atoms with Gasteiger partial charge in [-0.3, -0.25) is 0 Å². The molecule has 0 radical (unpaired) electrons. The summed E-state index contributed by atoms with van der Waals surface area (Å²) >= 11 is 0. The van der Waals surface area contributed by atoms with Crippen molar-refractivity contribution in [1.29, 1.82) is 0 Å². The molecule has 0 aliphatic heterocycles. The van der Waals surface area contributed by atoms with E-state index in [0.717, 1.165) is 28.1 Å². The van der Waals surface area contributed by atoms with Crippen molar-refractivity contribution in [2.75, 3.05) is 6.61 Å². The fourth-order valence-corrected chi connectivity index (χ4v) is 4.42. The summed E-state index contributed by atoms with van der Waals surface area (Å²) in [5, 5.41) is 1.22. The lowest BCUT2D eigenvalue weighted by Crippen LogP contribution is -2.11. The summed E-state index contributed by atoms with van der Waals surface area (Å²) in [4.78, 5) is 16.0. The molecule has 28 heavy (non-hydrogen) atoms. The topological polar surface area (TPSA) is 55.2 Å². The Labute approximate surface area is 163 Å². The highest BCUT2D eigenvalue weighted by Gasteiger charge is 2.35. The number of carbonyl (C=O) groups excluding carboxylic acids is 1. The van der Waals surface area contributed by atoms with Crippen molar-refractivity contribution in [3.63, 3.8) is 0 Å². The lowest BCUT2D eigenvalue weighted by molar-refractivity contribution is 0.0487. The summed E-state index contributed by atoms with van der Waals surface area (Å²) < 4.78 is 11.3. The maximum absolute atomic E-state index is 12.4. The van der Waals surface area contributed by atoms with Crippen LogP contribution < -0.4 is 0 Å². The Balaban J connectivity index is 1.77. The summed E-state index contributed by atoms with van der Waals surface area (Å²) in [6.45, 7) is 4.07. The van der Waals surface area contributed by atoms with Gasteiger partial charge in [0.15, 0.2) is 0 Å². The third kappa shape index (κ3) is 2.41. The van der Waals surface area contributed by atoms with E-state index in [2.05, 4.69) is 47.4 Å². The number of furan rings is 1. The second-order valence-electron chi connectivity index (χ2n) is 7.20. The Hall–Kier alpha value is -3.27. The van der Waals surface area contributed by atoms with Gasteiger partial charge in [0.2, 0.25) is 5.76 Å². The molecule has 0 saturated carbocycles. The highest BCUT2D eigenvalue weighted by Crippen LogP contribution is 2.48. The van der Waals surface area contributed by atoms with Crippen LogP contribution in [0.25, 0.3) is 22.2 Å². The van der Waals surface area contributed by atoms with Crippen LogP contribution in [-0.4, -0.2) is 17.6 Å². The first-order valence-electron chi connectivity index (χ1n) is 9.64. The van der Waals surface area contributed by atoms with Crippen LogP contribution in [0, 0.1) is 6.92 Å². The average Bonchev–Trinajstić information content (AvgIpc) is 3.26. The van der Waals surface area contributed by atoms with Gasteiger partial charge in [-0.1, -0.05) is 48.5 Å². The number of aromatic nitrogens is 1. The number of fused-ring (bicyclic) bond motifs is 5. The zero-order valence-electron chi connectivity index (χ0n) is 15.9. The summed E-state index contributed by atoms with van der Waals surface area (Å²) in [7, 11) is 0. The first kappa shape index (κ1) is 16.9. The minimum Gasteiger partial charge on any atom is -0.460 e. The van der Waals surface area contributed by atoms with Crippen molar-refractivity contribution in [2.45, 2.75) is 26.2 Å². The number of para-hydroxylation sites is 1. The molecule has 1 N–H and O–H groups in total. The number of hydrogen-bond donors (Lipinski definition) is 1. The lowest BCUT2D eigenvalue weighted by Gasteiger charge is -2.23. The van der Waals surface area contributed by atoms with Gasteiger partial charge in [-0.25, -0.2) is 4.79 Å². The van der Waals surface area contributed by atoms with Gasteiger partial charge < -0.3 is 14.1 Å². The Morgan fingerprint density at radius 2 is 1.89 bits per heavy atom. The molecule has 0 unspecified atom stereocenters. The number of esters is 1. The molecule has 2 heterocycles. The Morgan fingerprint density at radius 3 is 2.68 bits per heavy atom. The van der Waals surface area contributed by atoms with E-state index in [0.29, 0.717) is 18.8 Å². The molecule has 0 saturated heterocycles.